The molecule has 0 aliphatic heterocycles. The molecule has 0 aliphatic carbocycles. The van der Waals surface area contributed by atoms with Crippen molar-refractivity contribution >= 4 is 47.3 Å². The van der Waals surface area contributed by atoms with Crippen molar-refractivity contribution in [3.05, 3.63) is 0 Å². The average molecular weight is 434 g/mol. The second-order valence-corrected chi connectivity index (χ2v) is 6.89. The van der Waals surface area contributed by atoms with Gasteiger partial charge in [-0.25, -0.2) is 4.79 Å². The van der Waals surface area contributed by atoms with Crippen molar-refractivity contribution in [1.82, 2.24) is 16.0 Å². The Bertz CT molecular complexity index is 645. The number of carboxylic acids is 1. The van der Waals surface area contributed by atoms with E-state index < -0.39 is 66.5 Å². The SMILES string of the molecule is CSCCC(NC(=O)CN)C(=O)NC(CC(N)=O)C(=O)NC(CC(N)=O)C(=O)O. The fraction of sp³-hybridized carbons (Fsp3) is 0.600. The molecule has 5 amide bonds. The number of primary amides is 2. The number of nitrogens with two attached hydrogens (primary N) is 3. The van der Waals surface area contributed by atoms with Crippen molar-refractivity contribution in [2.75, 3.05) is 18.6 Å². The summed E-state index contributed by atoms with van der Waals surface area (Å²) in [6.07, 6.45) is 0.665. The summed E-state index contributed by atoms with van der Waals surface area (Å²) in [6, 6.07) is -4.22. The van der Waals surface area contributed by atoms with Crippen LogP contribution in [0.3, 0.4) is 0 Å². The van der Waals surface area contributed by atoms with Gasteiger partial charge < -0.3 is 38.3 Å². The first-order valence-corrected chi connectivity index (χ1v) is 9.79. The summed E-state index contributed by atoms with van der Waals surface area (Å²) in [5.74, 6) is -5.41. The molecule has 0 fully saturated rings. The molecule has 0 aromatic rings. The molecule has 0 aromatic heterocycles. The molecule has 0 aliphatic rings. The van der Waals surface area contributed by atoms with Crippen LogP contribution in [0.2, 0.25) is 0 Å². The molecular weight excluding hydrogens is 408 g/mol. The van der Waals surface area contributed by atoms with Crippen molar-refractivity contribution < 1.29 is 33.9 Å². The van der Waals surface area contributed by atoms with Gasteiger partial charge in [0.2, 0.25) is 29.5 Å². The normalized spacial score (nSPS) is 13.4. The largest absolute Gasteiger partial charge is 0.480 e. The Balaban J connectivity index is 5.35. The zero-order chi connectivity index (χ0) is 22.6. The lowest BCUT2D eigenvalue weighted by atomic mass is 10.1. The highest BCUT2D eigenvalue weighted by molar-refractivity contribution is 7.98. The van der Waals surface area contributed by atoms with Crippen LogP contribution in [0.5, 0.6) is 0 Å². The van der Waals surface area contributed by atoms with Gasteiger partial charge in [-0.3, -0.25) is 24.0 Å². The van der Waals surface area contributed by atoms with Crippen LogP contribution in [-0.2, 0) is 28.8 Å². The number of carbonyl (C=O) groups excluding carboxylic acids is 5. The predicted molar refractivity (Wildman–Crippen MR) is 103 cm³/mol. The fourth-order valence-electron chi connectivity index (χ4n) is 2.11. The van der Waals surface area contributed by atoms with Crippen LogP contribution < -0.4 is 33.2 Å². The molecule has 0 bridgehead atoms. The third kappa shape index (κ3) is 10.9. The number of amides is 5. The highest BCUT2D eigenvalue weighted by atomic mass is 32.2. The van der Waals surface area contributed by atoms with E-state index in [0.29, 0.717) is 5.75 Å². The number of hydrogen-bond donors (Lipinski definition) is 7. The average Bonchev–Trinajstić information content (AvgIpc) is 2.62. The second kappa shape index (κ2) is 13.3. The third-order valence-corrected chi connectivity index (χ3v) is 4.15. The van der Waals surface area contributed by atoms with Crippen LogP contribution in [-0.4, -0.2) is 77.3 Å². The smallest absolute Gasteiger partial charge is 0.326 e. The Morgan fingerprint density at radius 1 is 0.862 bits per heavy atom. The highest BCUT2D eigenvalue weighted by Gasteiger charge is 2.30. The van der Waals surface area contributed by atoms with Crippen molar-refractivity contribution in [3.63, 3.8) is 0 Å². The van der Waals surface area contributed by atoms with Crippen molar-refractivity contribution in [1.29, 1.82) is 0 Å². The van der Waals surface area contributed by atoms with E-state index in [-0.39, 0.29) is 13.0 Å². The molecule has 13 nitrogen and oxygen atoms in total. The number of aliphatic carboxylic acids is 1. The van der Waals surface area contributed by atoms with E-state index in [2.05, 4.69) is 10.6 Å². The number of carboxylic acid groups (broad SMARTS) is 1. The lowest BCUT2D eigenvalue weighted by Crippen LogP contribution is -2.57. The molecule has 3 unspecified atom stereocenters. The minimum absolute atomic E-state index is 0.211. The zero-order valence-corrected chi connectivity index (χ0v) is 16.6. The molecule has 0 saturated carbocycles. The van der Waals surface area contributed by atoms with E-state index >= 15 is 0 Å². The first kappa shape index (κ1) is 26.1. The quantitative estimate of drug-likeness (QED) is 0.141. The first-order valence-electron chi connectivity index (χ1n) is 8.40. The second-order valence-electron chi connectivity index (χ2n) is 5.91. The summed E-state index contributed by atoms with van der Waals surface area (Å²) in [6.45, 7) is -0.359. The summed E-state index contributed by atoms with van der Waals surface area (Å²) in [4.78, 5) is 69.8. The van der Waals surface area contributed by atoms with E-state index in [1.165, 1.54) is 11.8 Å². The maximum absolute atomic E-state index is 12.5. The molecule has 0 aromatic carbocycles. The van der Waals surface area contributed by atoms with Gasteiger partial charge in [-0.2, -0.15) is 11.8 Å². The Kier molecular flexibility index (Phi) is 12.0. The van der Waals surface area contributed by atoms with E-state index in [0.717, 1.165) is 0 Å². The Morgan fingerprint density at radius 3 is 1.79 bits per heavy atom. The van der Waals surface area contributed by atoms with Crippen LogP contribution in [0.4, 0.5) is 0 Å². The lowest BCUT2D eigenvalue weighted by Gasteiger charge is -2.23. The predicted octanol–water partition coefficient (Wildman–Crippen LogP) is -4.01. The van der Waals surface area contributed by atoms with Gasteiger partial charge in [0.25, 0.3) is 0 Å². The van der Waals surface area contributed by atoms with Crippen LogP contribution >= 0.6 is 11.8 Å². The standard InChI is InChI=1S/C15H26N6O7S/c1-29-3-2-7(19-12(24)6-16)13(25)20-8(4-10(17)22)14(26)21-9(15(27)28)5-11(18)23/h7-9H,2-6,16H2,1H3,(H2,17,22)(H2,18,23)(H,19,24)(H,20,25)(H,21,26)(H,27,28). The van der Waals surface area contributed by atoms with Crippen LogP contribution in [0.25, 0.3) is 0 Å². The van der Waals surface area contributed by atoms with Gasteiger partial charge in [0.15, 0.2) is 0 Å². The van der Waals surface area contributed by atoms with Gasteiger partial charge in [-0.1, -0.05) is 0 Å². The lowest BCUT2D eigenvalue weighted by molar-refractivity contribution is -0.144. The van der Waals surface area contributed by atoms with Gasteiger partial charge in [0.1, 0.15) is 18.1 Å². The monoisotopic (exact) mass is 434 g/mol. The Hall–Kier alpha value is -2.87. The minimum Gasteiger partial charge on any atom is -0.480 e. The van der Waals surface area contributed by atoms with E-state index in [1.807, 2.05) is 5.32 Å². The van der Waals surface area contributed by atoms with E-state index in [4.69, 9.17) is 22.3 Å². The maximum atomic E-state index is 12.5. The molecule has 0 saturated heterocycles. The minimum atomic E-state index is -1.66. The van der Waals surface area contributed by atoms with Crippen LogP contribution in [0.15, 0.2) is 0 Å². The molecule has 0 rings (SSSR count). The molecule has 0 radical (unpaired) electrons. The fourth-order valence-corrected chi connectivity index (χ4v) is 2.59. The highest BCUT2D eigenvalue weighted by Crippen LogP contribution is 2.03. The summed E-state index contributed by atoms with van der Waals surface area (Å²) in [5, 5.41) is 15.7. The van der Waals surface area contributed by atoms with E-state index in [9.17, 15) is 28.8 Å². The van der Waals surface area contributed by atoms with Gasteiger partial charge >= 0.3 is 5.97 Å². The van der Waals surface area contributed by atoms with Crippen molar-refractivity contribution in [2.45, 2.75) is 37.4 Å². The number of thioether (sulfide) groups is 1. The Morgan fingerprint density at radius 2 is 1.34 bits per heavy atom. The summed E-state index contributed by atoms with van der Waals surface area (Å²) >= 11 is 1.41. The molecule has 0 heterocycles. The molecule has 14 heteroatoms. The molecule has 164 valence electrons. The third-order valence-electron chi connectivity index (χ3n) is 3.51. The topological polar surface area (TPSA) is 237 Å². The summed E-state index contributed by atoms with van der Waals surface area (Å²) in [7, 11) is 0. The van der Waals surface area contributed by atoms with Gasteiger partial charge in [-0.15, -0.1) is 0 Å². The van der Waals surface area contributed by atoms with Gasteiger partial charge in [0, 0.05) is 0 Å². The van der Waals surface area contributed by atoms with Crippen molar-refractivity contribution in [2.24, 2.45) is 17.2 Å². The van der Waals surface area contributed by atoms with E-state index in [1.54, 1.807) is 6.26 Å². The number of rotatable bonds is 14. The zero-order valence-electron chi connectivity index (χ0n) is 15.8. The molecule has 29 heavy (non-hydrogen) atoms. The van der Waals surface area contributed by atoms with Gasteiger partial charge in [-0.05, 0) is 18.4 Å². The molecule has 3 atom stereocenters. The number of carbonyl (C=O) groups is 6. The molecule has 10 N–H and O–H groups in total. The van der Waals surface area contributed by atoms with Gasteiger partial charge in [0.05, 0.1) is 19.4 Å². The van der Waals surface area contributed by atoms with Crippen LogP contribution in [0.1, 0.15) is 19.3 Å². The van der Waals surface area contributed by atoms with Crippen molar-refractivity contribution in [3.8, 4) is 0 Å². The molecular formula is C15H26N6O7S. The summed E-state index contributed by atoms with van der Waals surface area (Å²) < 4.78 is 0. The molecule has 0 spiro atoms. The van der Waals surface area contributed by atoms with Crippen LogP contribution in [0, 0.1) is 0 Å². The Labute approximate surface area is 170 Å². The maximum Gasteiger partial charge on any atom is 0.326 e. The first-order chi connectivity index (χ1) is 13.5. The number of hydrogen-bond acceptors (Lipinski definition) is 8. The summed E-state index contributed by atoms with van der Waals surface area (Å²) in [5.41, 5.74) is 15.2. The number of nitrogens with one attached hydrogen (secondary N) is 3.